The van der Waals surface area contributed by atoms with E-state index in [1.54, 1.807) is 11.9 Å². The van der Waals surface area contributed by atoms with Gasteiger partial charge in [0.15, 0.2) is 0 Å². The minimum Gasteiger partial charge on any atom is -0.391 e. The average Bonchev–Trinajstić information content (AvgIpc) is 3.46. The van der Waals surface area contributed by atoms with Gasteiger partial charge in [0.05, 0.1) is 6.10 Å². The Morgan fingerprint density at radius 1 is 1.32 bits per heavy atom. The van der Waals surface area contributed by atoms with Crippen LogP contribution in [0.2, 0.25) is 0 Å². The highest BCUT2D eigenvalue weighted by Gasteiger charge is 2.31. The predicted octanol–water partition coefficient (Wildman–Crippen LogP) is 2.37. The van der Waals surface area contributed by atoms with Gasteiger partial charge in [-0.2, -0.15) is 0 Å². The van der Waals surface area contributed by atoms with Gasteiger partial charge in [0, 0.05) is 39.4 Å². The maximum absolute atomic E-state index is 12.1. The largest absolute Gasteiger partial charge is 0.391 e. The van der Waals surface area contributed by atoms with E-state index in [0.29, 0.717) is 19.0 Å². The zero-order valence-corrected chi connectivity index (χ0v) is 15.2. The molecule has 6 heteroatoms. The molecule has 1 saturated heterocycles. The van der Waals surface area contributed by atoms with Crippen LogP contribution in [0.5, 0.6) is 0 Å². The number of aromatic nitrogens is 1. The van der Waals surface area contributed by atoms with Crippen LogP contribution in [0.3, 0.4) is 0 Å². The van der Waals surface area contributed by atoms with Crippen molar-refractivity contribution in [1.82, 2.24) is 15.2 Å². The fourth-order valence-corrected chi connectivity index (χ4v) is 3.31. The molecule has 2 fully saturated rings. The Balaban J connectivity index is 1.45. The molecule has 2 amide bonds. The number of hydrogen-bond donors (Lipinski definition) is 2. The number of likely N-dealkylation sites (N-methyl/N-ethyl adjacent to an activating group) is 1. The molecule has 2 heterocycles. The number of carbonyl (C=O) groups excluding carboxylic acids is 1. The van der Waals surface area contributed by atoms with Gasteiger partial charge in [-0.3, -0.25) is 0 Å². The van der Waals surface area contributed by atoms with E-state index in [4.69, 9.17) is 0 Å². The lowest BCUT2D eigenvalue weighted by molar-refractivity contribution is 0.113. The van der Waals surface area contributed by atoms with E-state index in [9.17, 15) is 9.90 Å². The Kier molecular flexibility index (Phi) is 6.13. The molecule has 1 aliphatic carbocycles. The molecule has 25 heavy (non-hydrogen) atoms. The number of anilines is 1. The molecule has 6 nitrogen and oxygen atoms in total. The van der Waals surface area contributed by atoms with Crippen molar-refractivity contribution in [3.05, 3.63) is 23.9 Å². The molecule has 2 aliphatic rings. The molecule has 3 rings (SSSR count). The number of aliphatic hydroxyl groups excluding tert-OH is 1. The Morgan fingerprint density at radius 3 is 2.64 bits per heavy atom. The van der Waals surface area contributed by atoms with Crippen LogP contribution in [0.25, 0.3) is 0 Å². The lowest BCUT2D eigenvalue weighted by Gasteiger charge is -2.22. The van der Waals surface area contributed by atoms with Crippen LogP contribution in [0.15, 0.2) is 18.3 Å². The summed E-state index contributed by atoms with van der Waals surface area (Å²) in [6.07, 6.45) is 8.69. The van der Waals surface area contributed by atoms with Crippen molar-refractivity contribution in [1.29, 1.82) is 0 Å². The van der Waals surface area contributed by atoms with E-state index < -0.39 is 6.10 Å². The Morgan fingerprint density at radius 2 is 2.04 bits per heavy atom. The highest BCUT2D eigenvalue weighted by Crippen LogP contribution is 2.32. The summed E-state index contributed by atoms with van der Waals surface area (Å²) >= 11 is 0. The van der Waals surface area contributed by atoms with Crippen LogP contribution in [0, 0.1) is 5.92 Å². The number of nitrogens with one attached hydrogen (secondary N) is 1. The van der Waals surface area contributed by atoms with Crippen molar-refractivity contribution < 1.29 is 9.90 Å². The predicted molar refractivity (Wildman–Crippen MR) is 98.5 cm³/mol. The molecule has 2 N–H and O–H groups in total. The number of amides is 2. The molecule has 1 aromatic rings. The first kappa shape index (κ1) is 18.0. The summed E-state index contributed by atoms with van der Waals surface area (Å²) in [4.78, 5) is 20.6. The zero-order valence-electron chi connectivity index (χ0n) is 15.2. The van der Waals surface area contributed by atoms with Crippen molar-refractivity contribution in [3.8, 4) is 0 Å². The van der Waals surface area contributed by atoms with Crippen LogP contribution in [-0.2, 0) is 6.54 Å². The fourth-order valence-electron chi connectivity index (χ4n) is 3.31. The van der Waals surface area contributed by atoms with Gasteiger partial charge in [0.25, 0.3) is 0 Å². The van der Waals surface area contributed by atoms with E-state index >= 15 is 0 Å². The summed E-state index contributed by atoms with van der Waals surface area (Å²) in [6, 6.07) is 3.93. The normalized spacial score (nSPS) is 19.2. The SMILES string of the molecule is CN(C[C@H](O)C1CC1)C(=O)NCc1ccc(N2CCCCCC2)nc1. The minimum absolute atomic E-state index is 0.156. The standard InChI is InChI=1S/C19H30N4O2/c1-22(14-17(24)16-7-8-16)19(25)21-13-15-6-9-18(20-12-15)23-10-4-2-3-5-11-23/h6,9,12,16-17,24H,2-5,7-8,10-11,13-14H2,1H3,(H,21,25)/t17-/m0/s1. The van der Waals surface area contributed by atoms with E-state index in [1.165, 1.54) is 25.7 Å². The smallest absolute Gasteiger partial charge is 0.317 e. The van der Waals surface area contributed by atoms with E-state index in [2.05, 4.69) is 15.2 Å². The monoisotopic (exact) mass is 346 g/mol. The van der Waals surface area contributed by atoms with Crippen LogP contribution >= 0.6 is 0 Å². The van der Waals surface area contributed by atoms with Gasteiger partial charge >= 0.3 is 6.03 Å². The van der Waals surface area contributed by atoms with Crippen LogP contribution in [0.4, 0.5) is 10.6 Å². The first-order valence-electron chi connectivity index (χ1n) is 9.50. The number of hydrogen-bond acceptors (Lipinski definition) is 4. The van der Waals surface area contributed by atoms with E-state index in [1.807, 2.05) is 18.3 Å². The number of rotatable bonds is 6. The topological polar surface area (TPSA) is 68.7 Å². The molecule has 0 unspecified atom stereocenters. The number of nitrogens with zero attached hydrogens (tertiary/aromatic N) is 3. The van der Waals surface area contributed by atoms with Crippen LogP contribution in [0.1, 0.15) is 44.1 Å². The average molecular weight is 346 g/mol. The minimum atomic E-state index is -0.398. The third-order valence-electron chi connectivity index (χ3n) is 5.16. The second kappa shape index (κ2) is 8.52. The molecular formula is C19H30N4O2. The molecule has 0 spiro atoms. The molecule has 138 valence electrons. The molecule has 0 bridgehead atoms. The lowest BCUT2D eigenvalue weighted by atomic mass is 10.2. The summed E-state index contributed by atoms with van der Waals surface area (Å²) in [5.74, 6) is 1.41. The van der Waals surface area contributed by atoms with Gasteiger partial charge in [0.2, 0.25) is 0 Å². The summed E-state index contributed by atoms with van der Waals surface area (Å²) in [5.41, 5.74) is 0.989. The highest BCUT2D eigenvalue weighted by molar-refractivity contribution is 5.73. The van der Waals surface area contributed by atoms with Gasteiger partial charge in [-0.15, -0.1) is 0 Å². The fraction of sp³-hybridized carbons (Fsp3) is 0.684. The lowest BCUT2D eigenvalue weighted by Crippen LogP contribution is -2.41. The van der Waals surface area contributed by atoms with Gasteiger partial charge < -0.3 is 20.2 Å². The maximum Gasteiger partial charge on any atom is 0.317 e. The first-order chi connectivity index (χ1) is 12.1. The number of carbonyl (C=O) groups is 1. The molecular weight excluding hydrogens is 316 g/mol. The summed E-state index contributed by atoms with van der Waals surface area (Å²) in [5, 5.41) is 12.8. The number of urea groups is 1. The van der Waals surface area contributed by atoms with E-state index in [0.717, 1.165) is 37.3 Å². The van der Waals surface area contributed by atoms with Gasteiger partial charge in [-0.05, 0) is 43.2 Å². The molecule has 0 radical (unpaired) electrons. The Labute approximate surface area is 150 Å². The van der Waals surface area contributed by atoms with Gasteiger partial charge in [0.1, 0.15) is 5.82 Å². The zero-order chi connectivity index (χ0) is 17.6. The quantitative estimate of drug-likeness (QED) is 0.830. The number of aliphatic hydroxyl groups is 1. The second-order valence-electron chi connectivity index (χ2n) is 7.37. The molecule has 1 aromatic heterocycles. The summed E-state index contributed by atoms with van der Waals surface area (Å²) in [6.45, 7) is 3.01. The second-order valence-corrected chi connectivity index (χ2v) is 7.37. The van der Waals surface area contributed by atoms with Crippen LogP contribution < -0.4 is 10.2 Å². The first-order valence-corrected chi connectivity index (χ1v) is 9.50. The van der Waals surface area contributed by atoms with E-state index in [-0.39, 0.29) is 6.03 Å². The van der Waals surface area contributed by atoms with Crippen molar-refractivity contribution in [2.75, 3.05) is 31.6 Å². The molecule has 1 saturated carbocycles. The molecule has 0 aromatic carbocycles. The maximum atomic E-state index is 12.1. The molecule has 1 aliphatic heterocycles. The summed E-state index contributed by atoms with van der Waals surface area (Å²) < 4.78 is 0. The van der Waals surface area contributed by atoms with Crippen molar-refractivity contribution in [2.24, 2.45) is 5.92 Å². The number of pyridine rings is 1. The van der Waals surface area contributed by atoms with Crippen molar-refractivity contribution >= 4 is 11.8 Å². The Hall–Kier alpha value is -1.82. The highest BCUT2D eigenvalue weighted by atomic mass is 16.3. The van der Waals surface area contributed by atoms with Crippen molar-refractivity contribution in [2.45, 2.75) is 51.2 Å². The van der Waals surface area contributed by atoms with Gasteiger partial charge in [-0.1, -0.05) is 18.9 Å². The molecule has 1 atom stereocenters. The Bertz CT molecular complexity index is 551. The third-order valence-corrected chi connectivity index (χ3v) is 5.16. The van der Waals surface area contributed by atoms with Crippen molar-refractivity contribution in [3.63, 3.8) is 0 Å². The third kappa shape index (κ3) is 5.33. The van der Waals surface area contributed by atoms with Gasteiger partial charge in [-0.25, -0.2) is 9.78 Å². The summed E-state index contributed by atoms with van der Waals surface area (Å²) in [7, 11) is 1.72. The van der Waals surface area contributed by atoms with Crippen LogP contribution in [-0.4, -0.2) is 53.8 Å².